The van der Waals surface area contributed by atoms with E-state index in [0.717, 1.165) is 5.69 Å². The molecule has 0 bridgehead atoms. The third kappa shape index (κ3) is 3.35. The van der Waals surface area contributed by atoms with Crippen molar-refractivity contribution < 1.29 is 9.90 Å². The lowest BCUT2D eigenvalue weighted by Crippen LogP contribution is -2.42. The molecule has 3 rings (SSSR count). The lowest BCUT2D eigenvalue weighted by Gasteiger charge is -2.13. The molecule has 0 saturated carbocycles. The zero-order valence-corrected chi connectivity index (χ0v) is 13.2. The first kappa shape index (κ1) is 15.6. The largest absolute Gasteiger partial charge is 0.392 e. The summed E-state index contributed by atoms with van der Waals surface area (Å²) in [6.45, 7) is 1.11. The normalized spacial score (nSPS) is 24.5. The fraction of sp³-hybridized carbons (Fsp3) is 0.429. The quantitative estimate of drug-likeness (QED) is 0.758. The number of amides is 1. The number of halogens is 2. The van der Waals surface area contributed by atoms with E-state index in [4.69, 9.17) is 23.2 Å². The standard InChI is InChI=1S/C14H16Cl2N4O2/c15-10-2-1-8(5-11(10)16)20-4-3-13(19-20)18-14(22)12-6-9(21)7-17-12/h1-2,5,9,12,17,21H,3-4,6-7H2,(H,18,19,22)/t9-,12-/m0/s1. The van der Waals surface area contributed by atoms with Gasteiger partial charge in [0.2, 0.25) is 5.91 Å². The van der Waals surface area contributed by atoms with Gasteiger partial charge in [-0.25, -0.2) is 0 Å². The Hall–Kier alpha value is -1.34. The van der Waals surface area contributed by atoms with Crippen LogP contribution in [0.4, 0.5) is 5.69 Å². The number of amidine groups is 1. The molecule has 2 atom stereocenters. The highest BCUT2D eigenvalue weighted by molar-refractivity contribution is 6.42. The highest BCUT2D eigenvalue weighted by Gasteiger charge is 2.29. The van der Waals surface area contributed by atoms with Crippen LogP contribution in [0.2, 0.25) is 10.0 Å². The lowest BCUT2D eigenvalue weighted by atomic mass is 10.2. The maximum Gasteiger partial charge on any atom is 0.242 e. The summed E-state index contributed by atoms with van der Waals surface area (Å²) in [4.78, 5) is 12.1. The maximum absolute atomic E-state index is 12.1. The molecule has 1 aromatic carbocycles. The van der Waals surface area contributed by atoms with Crippen molar-refractivity contribution >= 4 is 40.6 Å². The maximum atomic E-state index is 12.1. The number of aliphatic hydroxyl groups is 1. The van der Waals surface area contributed by atoms with Gasteiger partial charge in [0.1, 0.15) is 5.84 Å². The van der Waals surface area contributed by atoms with Gasteiger partial charge in [0, 0.05) is 19.5 Å². The minimum Gasteiger partial charge on any atom is -0.392 e. The fourth-order valence-electron chi connectivity index (χ4n) is 2.52. The van der Waals surface area contributed by atoms with Gasteiger partial charge >= 0.3 is 0 Å². The average molecular weight is 343 g/mol. The first-order valence-corrected chi connectivity index (χ1v) is 7.81. The summed E-state index contributed by atoms with van der Waals surface area (Å²) in [7, 11) is 0. The summed E-state index contributed by atoms with van der Waals surface area (Å²) < 4.78 is 0. The Labute approximate surface area is 138 Å². The van der Waals surface area contributed by atoms with Crippen LogP contribution in [0.1, 0.15) is 12.8 Å². The molecule has 2 aliphatic heterocycles. The van der Waals surface area contributed by atoms with Crippen molar-refractivity contribution in [2.75, 3.05) is 18.1 Å². The second-order valence-electron chi connectivity index (χ2n) is 5.36. The number of hydrogen-bond donors (Lipinski definition) is 3. The van der Waals surface area contributed by atoms with E-state index >= 15 is 0 Å². The van der Waals surface area contributed by atoms with E-state index in [0.29, 0.717) is 41.8 Å². The Balaban J connectivity index is 1.64. The number of hydrogen-bond acceptors (Lipinski definition) is 5. The average Bonchev–Trinajstić information content (AvgIpc) is 3.11. The Morgan fingerprint density at radius 2 is 2.23 bits per heavy atom. The number of β-amino-alcohol motifs (C(OH)–C–C–N with tert-alkyl or cyclic N) is 1. The van der Waals surface area contributed by atoms with Gasteiger partial charge < -0.3 is 15.7 Å². The lowest BCUT2D eigenvalue weighted by molar-refractivity contribution is -0.121. The number of benzene rings is 1. The van der Waals surface area contributed by atoms with Gasteiger partial charge in [0.05, 0.1) is 27.9 Å². The molecule has 0 unspecified atom stereocenters. The van der Waals surface area contributed by atoms with Crippen molar-refractivity contribution in [2.24, 2.45) is 5.10 Å². The van der Waals surface area contributed by atoms with Crippen LogP contribution >= 0.6 is 23.2 Å². The van der Waals surface area contributed by atoms with Crippen molar-refractivity contribution in [3.63, 3.8) is 0 Å². The summed E-state index contributed by atoms with van der Waals surface area (Å²) in [5, 5.41) is 22.3. The van der Waals surface area contributed by atoms with E-state index in [1.54, 1.807) is 17.1 Å². The third-order valence-electron chi connectivity index (χ3n) is 3.69. The molecule has 6 nitrogen and oxygen atoms in total. The Morgan fingerprint density at radius 1 is 1.41 bits per heavy atom. The van der Waals surface area contributed by atoms with Crippen LogP contribution in [0.15, 0.2) is 23.3 Å². The fourth-order valence-corrected chi connectivity index (χ4v) is 2.82. The Kier molecular flexibility index (Phi) is 4.54. The van der Waals surface area contributed by atoms with Crippen LogP contribution in [0.5, 0.6) is 0 Å². The van der Waals surface area contributed by atoms with Gasteiger partial charge in [-0.05, 0) is 24.6 Å². The molecule has 3 N–H and O–H groups in total. The van der Waals surface area contributed by atoms with Crippen molar-refractivity contribution in [1.82, 2.24) is 10.6 Å². The van der Waals surface area contributed by atoms with Gasteiger partial charge in [-0.15, -0.1) is 0 Å². The molecule has 2 heterocycles. The van der Waals surface area contributed by atoms with Gasteiger partial charge in [0.25, 0.3) is 0 Å². The van der Waals surface area contributed by atoms with Crippen molar-refractivity contribution in [1.29, 1.82) is 0 Å². The second kappa shape index (κ2) is 6.42. The molecular formula is C14H16Cl2N4O2. The Morgan fingerprint density at radius 3 is 2.91 bits per heavy atom. The molecule has 0 aromatic heterocycles. The van der Waals surface area contributed by atoms with Gasteiger partial charge in [-0.1, -0.05) is 23.2 Å². The number of carbonyl (C=O) groups excluding carboxylic acids is 1. The van der Waals surface area contributed by atoms with Crippen LogP contribution in [0.3, 0.4) is 0 Å². The predicted octanol–water partition coefficient (Wildman–Crippen LogP) is 1.36. The number of carbonyl (C=O) groups is 1. The topological polar surface area (TPSA) is 77.0 Å². The molecule has 2 aliphatic rings. The zero-order valence-electron chi connectivity index (χ0n) is 11.7. The molecule has 1 amide bonds. The predicted molar refractivity (Wildman–Crippen MR) is 86.4 cm³/mol. The molecular weight excluding hydrogens is 327 g/mol. The summed E-state index contributed by atoms with van der Waals surface area (Å²) in [6.07, 6.45) is 0.602. The number of anilines is 1. The molecule has 0 radical (unpaired) electrons. The number of hydrazone groups is 1. The number of nitrogens with one attached hydrogen (secondary N) is 2. The molecule has 118 valence electrons. The van der Waals surface area contributed by atoms with E-state index < -0.39 is 6.10 Å². The third-order valence-corrected chi connectivity index (χ3v) is 4.43. The highest BCUT2D eigenvalue weighted by atomic mass is 35.5. The van der Waals surface area contributed by atoms with E-state index in [-0.39, 0.29) is 11.9 Å². The van der Waals surface area contributed by atoms with E-state index in [1.165, 1.54) is 0 Å². The zero-order chi connectivity index (χ0) is 15.7. The van der Waals surface area contributed by atoms with Crippen LogP contribution in [0.25, 0.3) is 0 Å². The minimum absolute atomic E-state index is 0.161. The summed E-state index contributed by atoms with van der Waals surface area (Å²) in [5.74, 6) is 0.450. The van der Waals surface area contributed by atoms with Crippen LogP contribution < -0.4 is 15.6 Å². The van der Waals surface area contributed by atoms with Crippen LogP contribution in [0, 0.1) is 0 Å². The molecule has 1 saturated heterocycles. The first-order chi connectivity index (χ1) is 10.5. The molecule has 22 heavy (non-hydrogen) atoms. The van der Waals surface area contributed by atoms with Crippen molar-refractivity contribution in [3.05, 3.63) is 28.2 Å². The first-order valence-electron chi connectivity index (χ1n) is 7.05. The molecule has 0 spiro atoms. The SMILES string of the molecule is O=C(NC1=NN(c2ccc(Cl)c(Cl)c2)CC1)[C@@H]1C[C@H](O)CN1. The number of rotatable bonds is 2. The van der Waals surface area contributed by atoms with Gasteiger partial charge in [-0.3, -0.25) is 9.80 Å². The summed E-state index contributed by atoms with van der Waals surface area (Å²) in [5.41, 5.74) is 0.827. The van der Waals surface area contributed by atoms with E-state index in [2.05, 4.69) is 15.7 Å². The van der Waals surface area contributed by atoms with Crippen LogP contribution in [-0.4, -0.2) is 42.1 Å². The van der Waals surface area contributed by atoms with Gasteiger partial charge in [-0.2, -0.15) is 5.10 Å². The molecule has 8 heteroatoms. The van der Waals surface area contributed by atoms with Crippen molar-refractivity contribution in [2.45, 2.75) is 25.0 Å². The summed E-state index contributed by atoms with van der Waals surface area (Å²) in [6, 6.07) is 4.93. The molecule has 0 aliphatic carbocycles. The smallest absolute Gasteiger partial charge is 0.242 e. The number of aliphatic hydroxyl groups excluding tert-OH is 1. The second-order valence-corrected chi connectivity index (χ2v) is 6.17. The van der Waals surface area contributed by atoms with Gasteiger partial charge in [0.15, 0.2) is 0 Å². The summed E-state index contributed by atoms with van der Waals surface area (Å²) >= 11 is 11.9. The Bertz CT molecular complexity index is 623. The van der Waals surface area contributed by atoms with E-state index in [9.17, 15) is 9.90 Å². The monoisotopic (exact) mass is 342 g/mol. The van der Waals surface area contributed by atoms with E-state index in [1.807, 2.05) is 6.07 Å². The van der Waals surface area contributed by atoms with Crippen molar-refractivity contribution in [3.8, 4) is 0 Å². The van der Waals surface area contributed by atoms with Crippen LogP contribution in [-0.2, 0) is 4.79 Å². The number of nitrogens with zero attached hydrogens (tertiary/aromatic N) is 2. The minimum atomic E-state index is -0.464. The molecule has 1 fully saturated rings. The molecule has 1 aromatic rings. The highest BCUT2D eigenvalue weighted by Crippen LogP contribution is 2.28.